The minimum Gasteiger partial charge on any atom is -0.399 e. The molecule has 2 aromatic rings. The molecule has 0 unspecified atom stereocenters. The van der Waals surface area contributed by atoms with Crippen LogP contribution >= 0.6 is 0 Å². The molecule has 0 aliphatic heterocycles. The molecule has 0 heterocycles. The van der Waals surface area contributed by atoms with E-state index >= 15 is 0 Å². The number of nitrogens with two attached hydrogens (primary N) is 1. The molecule has 0 spiro atoms. The average Bonchev–Trinajstić information content (AvgIpc) is 2.46. The number of nitrogens with zero attached hydrogens (tertiary/aromatic N) is 1. The van der Waals surface area contributed by atoms with Gasteiger partial charge in [-0.3, -0.25) is 9.59 Å². The van der Waals surface area contributed by atoms with E-state index in [4.69, 9.17) is 5.73 Å². The molecule has 0 bridgehead atoms. The summed E-state index contributed by atoms with van der Waals surface area (Å²) >= 11 is 0. The first-order chi connectivity index (χ1) is 9.52. The maximum atomic E-state index is 12.5. The van der Waals surface area contributed by atoms with E-state index in [0.717, 1.165) is 5.69 Å². The first kappa shape index (κ1) is 13.8. The summed E-state index contributed by atoms with van der Waals surface area (Å²) in [5.41, 5.74) is 8.38. The molecule has 4 nitrogen and oxygen atoms in total. The number of nitrogen functional groups attached to an aromatic ring is 1. The number of hydrogen-bond acceptors (Lipinski definition) is 4. The maximum absolute atomic E-state index is 12.5. The summed E-state index contributed by atoms with van der Waals surface area (Å²) in [4.78, 5) is 25.5. The second-order valence-corrected chi connectivity index (χ2v) is 4.73. The van der Waals surface area contributed by atoms with Crippen LogP contribution in [0.5, 0.6) is 0 Å². The Morgan fingerprint density at radius 2 is 1.75 bits per heavy atom. The van der Waals surface area contributed by atoms with Gasteiger partial charge in [-0.25, -0.2) is 0 Å². The lowest BCUT2D eigenvalue weighted by Gasteiger charge is -2.14. The summed E-state index contributed by atoms with van der Waals surface area (Å²) in [7, 11) is 3.76. The number of aldehydes is 1. The molecular formula is C16H16N2O2. The standard InChI is InChI=1S/C16H16N2O2/c1-18(2)14-8-5-12(10-19)15(9-14)16(20)11-3-6-13(17)7-4-11/h3-10H,17H2,1-2H3. The molecule has 0 aliphatic carbocycles. The van der Waals surface area contributed by atoms with Gasteiger partial charge in [-0.1, -0.05) is 0 Å². The third-order valence-electron chi connectivity index (χ3n) is 3.10. The van der Waals surface area contributed by atoms with Gasteiger partial charge in [0.1, 0.15) is 0 Å². The van der Waals surface area contributed by atoms with Crippen molar-refractivity contribution in [2.45, 2.75) is 0 Å². The van der Waals surface area contributed by atoms with E-state index in [9.17, 15) is 9.59 Å². The average molecular weight is 268 g/mol. The predicted octanol–water partition coefficient (Wildman–Crippen LogP) is 2.38. The van der Waals surface area contributed by atoms with Crippen LogP contribution in [-0.4, -0.2) is 26.2 Å². The van der Waals surface area contributed by atoms with Gasteiger partial charge in [0.25, 0.3) is 0 Å². The molecule has 0 aliphatic rings. The number of rotatable bonds is 4. The lowest BCUT2D eigenvalue weighted by Crippen LogP contribution is -2.12. The van der Waals surface area contributed by atoms with Crippen LogP contribution in [-0.2, 0) is 0 Å². The molecule has 2 aromatic carbocycles. The van der Waals surface area contributed by atoms with Crippen LogP contribution in [0.3, 0.4) is 0 Å². The second kappa shape index (κ2) is 5.57. The van der Waals surface area contributed by atoms with E-state index in [-0.39, 0.29) is 5.78 Å². The summed E-state index contributed by atoms with van der Waals surface area (Å²) in [6.45, 7) is 0. The van der Waals surface area contributed by atoms with Crippen molar-refractivity contribution in [3.8, 4) is 0 Å². The predicted molar refractivity (Wildman–Crippen MR) is 80.4 cm³/mol. The third kappa shape index (κ3) is 2.69. The molecule has 20 heavy (non-hydrogen) atoms. The van der Waals surface area contributed by atoms with Crippen molar-refractivity contribution in [3.05, 3.63) is 59.2 Å². The molecule has 0 amide bonds. The zero-order valence-corrected chi connectivity index (χ0v) is 11.5. The molecule has 0 saturated carbocycles. The molecule has 2 rings (SSSR count). The molecule has 0 radical (unpaired) electrons. The molecule has 0 atom stereocenters. The normalized spacial score (nSPS) is 10.1. The zero-order valence-electron chi connectivity index (χ0n) is 11.5. The Balaban J connectivity index is 2.49. The fourth-order valence-corrected chi connectivity index (χ4v) is 1.91. The Kier molecular flexibility index (Phi) is 3.84. The van der Waals surface area contributed by atoms with Crippen LogP contribution in [0, 0.1) is 0 Å². The van der Waals surface area contributed by atoms with Gasteiger partial charge in [0, 0.05) is 42.2 Å². The summed E-state index contributed by atoms with van der Waals surface area (Å²) in [6, 6.07) is 11.9. The number of carbonyl (C=O) groups excluding carboxylic acids is 2. The van der Waals surface area contributed by atoms with Gasteiger partial charge in [-0.15, -0.1) is 0 Å². The van der Waals surface area contributed by atoms with Gasteiger partial charge in [0.2, 0.25) is 0 Å². The Bertz CT molecular complexity index is 646. The highest BCUT2D eigenvalue weighted by Gasteiger charge is 2.14. The lowest BCUT2D eigenvalue weighted by molar-refractivity contribution is 0.102. The highest BCUT2D eigenvalue weighted by Crippen LogP contribution is 2.20. The van der Waals surface area contributed by atoms with Crippen molar-refractivity contribution < 1.29 is 9.59 Å². The first-order valence-electron chi connectivity index (χ1n) is 6.19. The van der Waals surface area contributed by atoms with E-state index in [1.54, 1.807) is 36.4 Å². The smallest absolute Gasteiger partial charge is 0.193 e. The van der Waals surface area contributed by atoms with Crippen molar-refractivity contribution in [1.82, 2.24) is 0 Å². The number of ketones is 1. The molecule has 102 valence electrons. The molecule has 0 fully saturated rings. The molecule has 0 aromatic heterocycles. The summed E-state index contributed by atoms with van der Waals surface area (Å²) in [5.74, 6) is -0.184. The minimum absolute atomic E-state index is 0.184. The van der Waals surface area contributed by atoms with Crippen molar-refractivity contribution in [2.75, 3.05) is 24.7 Å². The Labute approximate surface area is 117 Å². The molecule has 2 N–H and O–H groups in total. The molecule has 4 heteroatoms. The van der Waals surface area contributed by atoms with Crippen LogP contribution in [0.4, 0.5) is 11.4 Å². The van der Waals surface area contributed by atoms with E-state index in [1.807, 2.05) is 25.1 Å². The Morgan fingerprint density at radius 1 is 1.10 bits per heavy atom. The second-order valence-electron chi connectivity index (χ2n) is 4.73. The number of benzene rings is 2. The highest BCUT2D eigenvalue weighted by molar-refractivity contribution is 6.13. The first-order valence-corrected chi connectivity index (χ1v) is 6.19. The van der Waals surface area contributed by atoms with Gasteiger partial charge in [0.05, 0.1) is 0 Å². The summed E-state index contributed by atoms with van der Waals surface area (Å²) in [5, 5.41) is 0. The lowest BCUT2D eigenvalue weighted by atomic mass is 9.98. The van der Waals surface area contributed by atoms with Crippen LogP contribution in [0.15, 0.2) is 42.5 Å². The van der Waals surface area contributed by atoms with Gasteiger partial charge in [0.15, 0.2) is 12.1 Å². The van der Waals surface area contributed by atoms with E-state index < -0.39 is 0 Å². The Hall–Kier alpha value is -2.62. The highest BCUT2D eigenvalue weighted by atomic mass is 16.1. The third-order valence-corrected chi connectivity index (χ3v) is 3.10. The fraction of sp³-hybridized carbons (Fsp3) is 0.125. The number of anilines is 2. The van der Waals surface area contributed by atoms with Crippen LogP contribution < -0.4 is 10.6 Å². The van der Waals surface area contributed by atoms with Gasteiger partial charge in [-0.05, 0) is 42.5 Å². The summed E-state index contributed by atoms with van der Waals surface area (Å²) < 4.78 is 0. The largest absolute Gasteiger partial charge is 0.399 e. The number of hydrogen-bond donors (Lipinski definition) is 1. The SMILES string of the molecule is CN(C)c1ccc(C=O)c(C(=O)c2ccc(N)cc2)c1. The zero-order chi connectivity index (χ0) is 14.7. The van der Waals surface area contributed by atoms with Crippen molar-refractivity contribution in [3.63, 3.8) is 0 Å². The van der Waals surface area contributed by atoms with Crippen molar-refractivity contribution in [2.24, 2.45) is 0 Å². The topological polar surface area (TPSA) is 63.4 Å². The minimum atomic E-state index is -0.184. The van der Waals surface area contributed by atoms with E-state index in [2.05, 4.69) is 0 Å². The molecular weight excluding hydrogens is 252 g/mol. The quantitative estimate of drug-likeness (QED) is 0.525. The van der Waals surface area contributed by atoms with Crippen LogP contribution in [0.25, 0.3) is 0 Å². The van der Waals surface area contributed by atoms with Crippen molar-refractivity contribution >= 4 is 23.4 Å². The van der Waals surface area contributed by atoms with Crippen molar-refractivity contribution in [1.29, 1.82) is 0 Å². The monoisotopic (exact) mass is 268 g/mol. The van der Waals surface area contributed by atoms with E-state index in [1.165, 1.54) is 0 Å². The number of carbonyl (C=O) groups is 2. The Morgan fingerprint density at radius 3 is 2.30 bits per heavy atom. The van der Waals surface area contributed by atoms with Gasteiger partial charge in [-0.2, -0.15) is 0 Å². The summed E-state index contributed by atoms with van der Waals surface area (Å²) in [6.07, 6.45) is 0.698. The van der Waals surface area contributed by atoms with Gasteiger partial charge >= 0.3 is 0 Å². The van der Waals surface area contributed by atoms with Crippen LogP contribution in [0.2, 0.25) is 0 Å². The maximum Gasteiger partial charge on any atom is 0.193 e. The molecule has 0 saturated heterocycles. The van der Waals surface area contributed by atoms with Gasteiger partial charge < -0.3 is 10.6 Å². The fourth-order valence-electron chi connectivity index (χ4n) is 1.91. The van der Waals surface area contributed by atoms with Crippen LogP contribution in [0.1, 0.15) is 26.3 Å². The van der Waals surface area contributed by atoms with E-state index in [0.29, 0.717) is 28.7 Å².